The molecule has 0 N–H and O–H groups in total. The zero-order valence-electron chi connectivity index (χ0n) is 15.3. The van der Waals surface area contributed by atoms with E-state index in [0.717, 1.165) is 27.7 Å². The minimum absolute atomic E-state index is 0.105. The third-order valence-corrected chi connectivity index (χ3v) is 5.27. The molecule has 6 heteroatoms. The van der Waals surface area contributed by atoms with Gasteiger partial charge in [0.25, 0.3) is 5.91 Å². The quantitative estimate of drug-likeness (QED) is 0.548. The predicted octanol–water partition coefficient (Wildman–Crippen LogP) is 3.93. The normalized spacial score (nSPS) is 13.4. The van der Waals surface area contributed by atoms with Gasteiger partial charge >= 0.3 is 0 Å². The lowest BCUT2D eigenvalue weighted by Gasteiger charge is -2.16. The Morgan fingerprint density at radius 3 is 2.79 bits per heavy atom. The van der Waals surface area contributed by atoms with E-state index >= 15 is 0 Å². The number of amides is 1. The van der Waals surface area contributed by atoms with Gasteiger partial charge in [-0.25, -0.2) is 4.39 Å². The van der Waals surface area contributed by atoms with E-state index in [1.165, 1.54) is 6.07 Å². The maximum atomic E-state index is 14.9. The SMILES string of the molecule is Cn1ncc2c(-c3ccc(CN4Cc5ncccc5C4=O)c(F)c3)cccc21. The fraction of sp³-hybridized carbons (Fsp3) is 0.136. The van der Waals surface area contributed by atoms with Gasteiger partial charge in [0.05, 0.1) is 29.5 Å². The molecule has 28 heavy (non-hydrogen) atoms. The van der Waals surface area contributed by atoms with E-state index < -0.39 is 0 Å². The van der Waals surface area contributed by atoms with Crippen LogP contribution in [0.3, 0.4) is 0 Å². The molecule has 0 spiro atoms. The summed E-state index contributed by atoms with van der Waals surface area (Å²) >= 11 is 0. The summed E-state index contributed by atoms with van der Waals surface area (Å²) in [6.07, 6.45) is 3.47. The van der Waals surface area contributed by atoms with Gasteiger partial charge in [-0.3, -0.25) is 14.5 Å². The van der Waals surface area contributed by atoms with Crippen molar-refractivity contribution >= 4 is 16.8 Å². The fourth-order valence-corrected chi connectivity index (χ4v) is 3.79. The van der Waals surface area contributed by atoms with Gasteiger partial charge < -0.3 is 4.90 Å². The van der Waals surface area contributed by atoms with Crippen molar-refractivity contribution < 1.29 is 9.18 Å². The lowest BCUT2D eigenvalue weighted by atomic mass is 10.00. The number of aromatic nitrogens is 3. The molecule has 2 aromatic carbocycles. The highest BCUT2D eigenvalue weighted by Gasteiger charge is 2.28. The van der Waals surface area contributed by atoms with Crippen molar-refractivity contribution in [2.75, 3.05) is 0 Å². The van der Waals surface area contributed by atoms with Gasteiger partial charge in [0.1, 0.15) is 5.82 Å². The van der Waals surface area contributed by atoms with Gasteiger partial charge in [-0.15, -0.1) is 0 Å². The summed E-state index contributed by atoms with van der Waals surface area (Å²) < 4.78 is 16.7. The zero-order chi connectivity index (χ0) is 19.3. The van der Waals surface area contributed by atoms with Crippen LogP contribution in [0.4, 0.5) is 4.39 Å². The maximum Gasteiger partial charge on any atom is 0.256 e. The highest BCUT2D eigenvalue weighted by Crippen LogP contribution is 2.30. The molecule has 0 aliphatic carbocycles. The summed E-state index contributed by atoms with van der Waals surface area (Å²) in [7, 11) is 1.88. The Morgan fingerprint density at radius 1 is 1.11 bits per heavy atom. The van der Waals surface area contributed by atoms with Crippen molar-refractivity contribution in [3.8, 4) is 11.1 Å². The molecular weight excluding hydrogens is 355 g/mol. The van der Waals surface area contributed by atoms with Gasteiger partial charge in [0, 0.05) is 30.7 Å². The van der Waals surface area contributed by atoms with E-state index in [9.17, 15) is 9.18 Å². The average molecular weight is 372 g/mol. The third kappa shape index (κ3) is 2.57. The highest BCUT2D eigenvalue weighted by molar-refractivity contribution is 5.97. The largest absolute Gasteiger partial charge is 0.328 e. The summed E-state index contributed by atoms with van der Waals surface area (Å²) in [4.78, 5) is 18.4. The Labute approximate surface area is 161 Å². The van der Waals surface area contributed by atoms with E-state index in [0.29, 0.717) is 17.7 Å². The lowest BCUT2D eigenvalue weighted by molar-refractivity contribution is 0.0765. The second-order valence-corrected chi connectivity index (χ2v) is 6.97. The molecule has 0 fully saturated rings. The van der Waals surface area contributed by atoms with Gasteiger partial charge in [-0.2, -0.15) is 5.10 Å². The number of pyridine rings is 1. The van der Waals surface area contributed by atoms with Crippen LogP contribution in [-0.2, 0) is 20.1 Å². The van der Waals surface area contributed by atoms with Crippen molar-refractivity contribution in [3.05, 3.63) is 83.6 Å². The van der Waals surface area contributed by atoms with E-state index in [2.05, 4.69) is 10.1 Å². The third-order valence-electron chi connectivity index (χ3n) is 5.27. The smallest absolute Gasteiger partial charge is 0.256 e. The lowest BCUT2D eigenvalue weighted by Crippen LogP contribution is -2.23. The van der Waals surface area contributed by atoms with Crippen LogP contribution < -0.4 is 0 Å². The van der Waals surface area contributed by atoms with E-state index in [4.69, 9.17) is 0 Å². The van der Waals surface area contributed by atoms with Crippen LogP contribution in [0, 0.1) is 5.82 Å². The van der Waals surface area contributed by atoms with Crippen LogP contribution in [0.15, 0.2) is 60.9 Å². The second-order valence-electron chi connectivity index (χ2n) is 6.97. The number of hydrogen-bond donors (Lipinski definition) is 0. The van der Waals surface area contributed by atoms with Gasteiger partial charge in [0.2, 0.25) is 0 Å². The van der Waals surface area contributed by atoms with Crippen LogP contribution in [0.25, 0.3) is 22.0 Å². The molecular formula is C22H17FN4O. The predicted molar refractivity (Wildman–Crippen MR) is 104 cm³/mol. The number of carbonyl (C=O) groups is 1. The van der Waals surface area contributed by atoms with Crippen molar-refractivity contribution in [2.24, 2.45) is 7.05 Å². The number of carbonyl (C=O) groups excluding carboxylic acids is 1. The molecule has 1 amide bonds. The van der Waals surface area contributed by atoms with E-state index in [1.54, 1.807) is 40.2 Å². The Hall–Kier alpha value is -3.54. The molecule has 5 rings (SSSR count). The summed E-state index contributed by atoms with van der Waals surface area (Å²) in [6, 6.07) is 14.6. The molecule has 0 radical (unpaired) electrons. The standard InChI is InChI=1S/C22H17FN4O/c1-26-21-6-2-4-16(18(21)11-25-26)14-7-8-15(19(23)10-14)12-27-13-20-17(22(27)28)5-3-9-24-20/h2-11H,12-13H2,1H3. The van der Waals surface area contributed by atoms with Crippen LogP contribution in [0.1, 0.15) is 21.6 Å². The van der Waals surface area contributed by atoms with Gasteiger partial charge in [-0.05, 0) is 35.4 Å². The highest BCUT2D eigenvalue weighted by atomic mass is 19.1. The van der Waals surface area contributed by atoms with Gasteiger partial charge in [0.15, 0.2) is 0 Å². The molecule has 0 atom stereocenters. The number of fused-ring (bicyclic) bond motifs is 2. The molecule has 2 aromatic heterocycles. The first-order valence-corrected chi connectivity index (χ1v) is 9.04. The molecule has 0 bridgehead atoms. The molecule has 0 saturated carbocycles. The molecule has 1 aliphatic rings. The Kier molecular flexibility index (Phi) is 3.72. The second kappa shape index (κ2) is 6.27. The Balaban J connectivity index is 1.45. The van der Waals surface area contributed by atoms with Crippen molar-refractivity contribution in [3.63, 3.8) is 0 Å². The zero-order valence-corrected chi connectivity index (χ0v) is 15.3. The van der Waals surface area contributed by atoms with Crippen LogP contribution >= 0.6 is 0 Å². The monoisotopic (exact) mass is 372 g/mol. The van der Waals surface area contributed by atoms with Crippen LogP contribution in [0.2, 0.25) is 0 Å². The molecule has 3 heterocycles. The van der Waals surface area contributed by atoms with Crippen molar-refractivity contribution in [1.82, 2.24) is 19.7 Å². The number of nitrogens with zero attached hydrogens (tertiary/aromatic N) is 4. The topological polar surface area (TPSA) is 51.0 Å². The number of halogens is 1. The molecule has 138 valence electrons. The summed E-state index contributed by atoms with van der Waals surface area (Å²) in [5, 5.41) is 5.27. The number of rotatable bonds is 3. The Bertz CT molecular complexity index is 1230. The van der Waals surface area contributed by atoms with Crippen LogP contribution in [0.5, 0.6) is 0 Å². The van der Waals surface area contributed by atoms with E-state index in [1.807, 2.05) is 31.3 Å². The van der Waals surface area contributed by atoms with E-state index in [-0.39, 0.29) is 18.3 Å². The maximum absolute atomic E-state index is 14.9. The summed E-state index contributed by atoms with van der Waals surface area (Å²) in [5.41, 5.74) is 4.55. The Morgan fingerprint density at radius 2 is 1.96 bits per heavy atom. The first kappa shape index (κ1) is 16.6. The molecule has 1 aliphatic heterocycles. The first-order chi connectivity index (χ1) is 13.6. The number of aryl methyl sites for hydroxylation is 1. The minimum atomic E-state index is -0.324. The molecule has 0 unspecified atom stereocenters. The van der Waals surface area contributed by atoms with Crippen molar-refractivity contribution in [2.45, 2.75) is 13.1 Å². The summed E-state index contributed by atoms with van der Waals surface area (Å²) in [5.74, 6) is -0.429. The minimum Gasteiger partial charge on any atom is -0.328 e. The van der Waals surface area contributed by atoms with Crippen molar-refractivity contribution in [1.29, 1.82) is 0 Å². The number of benzene rings is 2. The van der Waals surface area contributed by atoms with Gasteiger partial charge in [-0.1, -0.05) is 24.3 Å². The number of hydrogen-bond acceptors (Lipinski definition) is 3. The fourth-order valence-electron chi connectivity index (χ4n) is 3.79. The molecule has 4 aromatic rings. The average Bonchev–Trinajstić information content (AvgIpc) is 3.24. The molecule has 0 saturated heterocycles. The van der Waals surface area contributed by atoms with Crippen LogP contribution in [-0.4, -0.2) is 25.6 Å². The first-order valence-electron chi connectivity index (χ1n) is 9.04. The molecule has 5 nitrogen and oxygen atoms in total. The summed E-state index contributed by atoms with van der Waals surface area (Å²) in [6.45, 7) is 0.629.